The number of hydrogen-bond donors (Lipinski definition) is 1. The first-order valence-corrected chi connectivity index (χ1v) is 7.85. The number of pyridine rings is 1. The van der Waals surface area contributed by atoms with Gasteiger partial charge in [-0.15, -0.1) is 11.3 Å². The van der Waals surface area contributed by atoms with Gasteiger partial charge in [-0.05, 0) is 30.7 Å². The summed E-state index contributed by atoms with van der Waals surface area (Å²) in [5.74, 6) is 0. The molecule has 2 aromatic rings. The third-order valence-corrected chi connectivity index (χ3v) is 4.34. The molecular formula is C15H22N4S. The fourth-order valence-electron chi connectivity index (χ4n) is 2.02. The normalized spacial score (nSPS) is 10.8. The van der Waals surface area contributed by atoms with Crippen molar-refractivity contribution in [1.29, 1.82) is 0 Å². The molecule has 0 aliphatic heterocycles. The maximum Gasteiger partial charge on any atom is 0.185 e. The molecule has 108 valence electrons. The highest BCUT2D eigenvalue weighted by molar-refractivity contribution is 7.15. The predicted octanol–water partition coefficient (Wildman–Crippen LogP) is 2.85. The Balaban J connectivity index is 2.09. The highest BCUT2D eigenvalue weighted by Gasteiger charge is 2.12. The van der Waals surface area contributed by atoms with Gasteiger partial charge in [-0.3, -0.25) is 4.98 Å². The summed E-state index contributed by atoms with van der Waals surface area (Å²) in [6.45, 7) is 7.06. The molecule has 0 aromatic carbocycles. The number of anilines is 1. The van der Waals surface area contributed by atoms with Crippen LogP contribution in [0.5, 0.6) is 0 Å². The second-order valence-corrected chi connectivity index (χ2v) is 5.77. The summed E-state index contributed by atoms with van der Waals surface area (Å²) < 4.78 is 0. The second-order valence-electron chi connectivity index (χ2n) is 4.71. The molecule has 0 saturated carbocycles. The molecule has 0 aliphatic rings. The van der Waals surface area contributed by atoms with Crippen molar-refractivity contribution in [2.24, 2.45) is 0 Å². The molecule has 2 heterocycles. The van der Waals surface area contributed by atoms with E-state index in [0.717, 1.165) is 31.2 Å². The van der Waals surface area contributed by atoms with Crippen LogP contribution in [0.1, 0.15) is 30.0 Å². The molecule has 5 heteroatoms. The average Bonchev–Trinajstić information content (AvgIpc) is 2.89. The molecule has 0 bridgehead atoms. The van der Waals surface area contributed by atoms with E-state index < -0.39 is 0 Å². The van der Waals surface area contributed by atoms with Crippen LogP contribution >= 0.6 is 11.3 Å². The van der Waals surface area contributed by atoms with Crippen molar-refractivity contribution in [1.82, 2.24) is 15.3 Å². The Labute approximate surface area is 124 Å². The van der Waals surface area contributed by atoms with Crippen LogP contribution in [-0.4, -0.2) is 23.6 Å². The van der Waals surface area contributed by atoms with Crippen molar-refractivity contribution in [2.45, 2.75) is 33.4 Å². The van der Waals surface area contributed by atoms with Crippen molar-refractivity contribution in [2.75, 3.05) is 18.5 Å². The lowest BCUT2D eigenvalue weighted by Gasteiger charge is -2.15. The third kappa shape index (κ3) is 3.77. The van der Waals surface area contributed by atoms with Gasteiger partial charge in [0, 0.05) is 37.4 Å². The SMILES string of the molecule is CCNCc1sc(N(C)Cc2ccncc2)nc1CC. The van der Waals surface area contributed by atoms with Gasteiger partial charge in [-0.25, -0.2) is 4.98 Å². The van der Waals surface area contributed by atoms with Crippen molar-refractivity contribution < 1.29 is 0 Å². The number of nitrogens with one attached hydrogen (secondary N) is 1. The predicted molar refractivity (Wildman–Crippen MR) is 85.2 cm³/mol. The standard InChI is InChI=1S/C15H22N4S/c1-4-13-14(10-16-5-2)20-15(18-13)19(3)11-12-6-8-17-9-7-12/h6-9,16H,4-5,10-11H2,1-3H3. The van der Waals surface area contributed by atoms with Crippen LogP contribution in [0.4, 0.5) is 5.13 Å². The summed E-state index contributed by atoms with van der Waals surface area (Å²) in [6, 6.07) is 4.09. The smallest absolute Gasteiger partial charge is 0.185 e. The van der Waals surface area contributed by atoms with E-state index >= 15 is 0 Å². The van der Waals surface area contributed by atoms with Gasteiger partial charge in [0.2, 0.25) is 0 Å². The van der Waals surface area contributed by atoms with E-state index in [-0.39, 0.29) is 0 Å². The van der Waals surface area contributed by atoms with E-state index in [4.69, 9.17) is 4.98 Å². The summed E-state index contributed by atoms with van der Waals surface area (Å²) in [7, 11) is 2.09. The minimum atomic E-state index is 0.861. The first kappa shape index (κ1) is 14.9. The zero-order chi connectivity index (χ0) is 14.4. The Morgan fingerprint density at radius 2 is 2.00 bits per heavy atom. The molecule has 2 aromatic heterocycles. The summed E-state index contributed by atoms with van der Waals surface area (Å²) in [5, 5.41) is 4.47. The van der Waals surface area contributed by atoms with E-state index in [0.29, 0.717) is 0 Å². The van der Waals surface area contributed by atoms with E-state index in [9.17, 15) is 0 Å². The Bertz CT molecular complexity index is 524. The first-order chi connectivity index (χ1) is 9.74. The highest BCUT2D eigenvalue weighted by Crippen LogP contribution is 2.27. The van der Waals surface area contributed by atoms with Crippen molar-refractivity contribution in [3.63, 3.8) is 0 Å². The van der Waals surface area contributed by atoms with Crippen LogP contribution in [0, 0.1) is 0 Å². The first-order valence-electron chi connectivity index (χ1n) is 7.03. The Hall–Kier alpha value is -1.46. The summed E-state index contributed by atoms with van der Waals surface area (Å²) in [5.41, 5.74) is 2.47. The van der Waals surface area contributed by atoms with E-state index in [2.05, 4.69) is 36.1 Å². The van der Waals surface area contributed by atoms with Gasteiger partial charge in [0.25, 0.3) is 0 Å². The zero-order valence-electron chi connectivity index (χ0n) is 12.4. The molecule has 0 amide bonds. The zero-order valence-corrected chi connectivity index (χ0v) is 13.2. The second kappa shape index (κ2) is 7.36. The third-order valence-electron chi connectivity index (χ3n) is 3.13. The maximum absolute atomic E-state index is 4.77. The van der Waals surface area contributed by atoms with Crippen molar-refractivity contribution >= 4 is 16.5 Å². The van der Waals surface area contributed by atoms with Crippen LogP contribution in [-0.2, 0) is 19.5 Å². The summed E-state index contributed by atoms with van der Waals surface area (Å²) in [6.07, 6.45) is 4.65. The monoisotopic (exact) mass is 290 g/mol. The Kier molecular flexibility index (Phi) is 5.49. The molecule has 0 spiro atoms. The van der Waals surface area contributed by atoms with Crippen LogP contribution < -0.4 is 10.2 Å². The van der Waals surface area contributed by atoms with Crippen LogP contribution in [0.25, 0.3) is 0 Å². The van der Waals surface area contributed by atoms with Crippen LogP contribution in [0.3, 0.4) is 0 Å². The molecular weight excluding hydrogens is 268 g/mol. The van der Waals surface area contributed by atoms with Gasteiger partial charge in [0.05, 0.1) is 5.69 Å². The fraction of sp³-hybridized carbons (Fsp3) is 0.467. The molecule has 20 heavy (non-hydrogen) atoms. The lowest BCUT2D eigenvalue weighted by atomic mass is 10.2. The highest BCUT2D eigenvalue weighted by atomic mass is 32.1. The number of hydrogen-bond acceptors (Lipinski definition) is 5. The van der Waals surface area contributed by atoms with E-state index in [1.54, 1.807) is 11.3 Å². The molecule has 4 nitrogen and oxygen atoms in total. The average molecular weight is 290 g/mol. The lowest BCUT2D eigenvalue weighted by Crippen LogP contribution is -2.16. The molecule has 0 saturated heterocycles. The minimum absolute atomic E-state index is 0.861. The molecule has 1 N–H and O–H groups in total. The summed E-state index contributed by atoms with van der Waals surface area (Å²) in [4.78, 5) is 12.4. The molecule has 0 radical (unpaired) electrons. The van der Waals surface area contributed by atoms with E-state index in [1.807, 2.05) is 24.5 Å². The van der Waals surface area contributed by atoms with Crippen LogP contribution in [0.15, 0.2) is 24.5 Å². The largest absolute Gasteiger partial charge is 0.347 e. The lowest BCUT2D eigenvalue weighted by molar-refractivity contribution is 0.727. The van der Waals surface area contributed by atoms with Crippen molar-refractivity contribution in [3.05, 3.63) is 40.7 Å². The Morgan fingerprint density at radius 1 is 1.25 bits per heavy atom. The maximum atomic E-state index is 4.77. The van der Waals surface area contributed by atoms with Gasteiger partial charge in [-0.2, -0.15) is 0 Å². The quantitative estimate of drug-likeness (QED) is 0.851. The number of rotatable bonds is 7. The Morgan fingerprint density at radius 3 is 2.65 bits per heavy atom. The fourth-order valence-corrected chi connectivity index (χ4v) is 3.09. The topological polar surface area (TPSA) is 41.0 Å². The van der Waals surface area contributed by atoms with Crippen LogP contribution in [0.2, 0.25) is 0 Å². The van der Waals surface area contributed by atoms with Gasteiger partial charge >= 0.3 is 0 Å². The van der Waals surface area contributed by atoms with Gasteiger partial charge in [-0.1, -0.05) is 13.8 Å². The number of aryl methyl sites for hydroxylation is 1. The van der Waals surface area contributed by atoms with Crippen molar-refractivity contribution in [3.8, 4) is 0 Å². The number of nitrogens with zero attached hydrogens (tertiary/aromatic N) is 3. The number of aromatic nitrogens is 2. The van der Waals surface area contributed by atoms with Gasteiger partial charge in [0.1, 0.15) is 0 Å². The molecule has 2 rings (SSSR count). The van der Waals surface area contributed by atoms with Gasteiger partial charge < -0.3 is 10.2 Å². The van der Waals surface area contributed by atoms with E-state index in [1.165, 1.54) is 16.1 Å². The molecule has 0 unspecified atom stereocenters. The molecule has 0 atom stereocenters. The molecule has 0 aliphatic carbocycles. The number of thiazole rings is 1. The minimum Gasteiger partial charge on any atom is -0.347 e. The summed E-state index contributed by atoms with van der Waals surface area (Å²) >= 11 is 1.79. The van der Waals surface area contributed by atoms with Gasteiger partial charge in [0.15, 0.2) is 5.13 Å². The molecule has 0 fully saturated rings.